The molecule has 110 valence electrons. The highest BCUT2D eigenvalue weighted by Crippen LogP contribution is 2.29. The molecular weight excluding hydrogens is 272 g/mol. The Morgan fingerprint density at radius 2 is 1.36 bits per heavy atom. The third kappa shape index (κ3) is 3.67. The third-order valence-corrected chi connectivity index (χ3v) is 3.43. The van der Waals surface area contributed by atoms with Crippen molar-refractivity contribution in [1.29, 1.82) is 0 Å². The number of rotatable bonds is 6. The van der Waals surface area contributed by atoms with Gasteiger partial charge < -0.3 is 0 Å². The summed E-state index contributed by atoms with van der Waals surface area (Å²) in [7, 11) is 0. The molecule has 2 aromatic carbocycles. The Balaban J connectivity index is 2.69. The molecule has 0 heterocycles. The highest BCUT2D eigenvalue weighted by atomic mass is 16.1. The smallest absolute Gasteiger partial charge is 0.159 e. The minimum Gasteiger partial charge on any atom is -0.295 e. The lowest BCUT2D eigenvalue weighted by atomic mass is 9.89. The van der Waals surface area contributed by atoms with Crippen LogP contribution in [0.1, 0.15) is 24.5 Å². The van der Waals surface area contributed by atoms with E-state index in [1.165, 1.54) is 13.0 Å². The fourth-order valence-corrected chi connectivity index (χ4v) is 2.36. The molecule has 0 aliphatic heterocycles. The molecule has 0 aromatic heterocycles. The van der Waals surface area contributed by atoms with Crippen LogP contribution in [0.25, 0.3) is 5.57 Å². The maximum absolute atomic E-state index is 12.1. The average molecular weight is 290 g/mol. The first-order valence-electron chi connectivity index (χ1n) is 7.13. The molecule has 2 nitrogen and oxygen atoms in total. The van der Waals surface area contributed by atoms with Crippen molar-refractivity contribution in [3.05, 3.63) is 90.0 Å². The summed E-state index contributed by atoms with van der Waals surface area (Å²) in [5.74, 6) is -0.257. The van der Waals surface area contributed by atoms with Gasteiger partial charge in [-0.2, -0.15) is 0 Å². The second-order valence-corrected chi connectivity index (χ2v) is 4.99. The van der Waals surface area contributed by atoms with Crippen LogP contribution in [0.3, 0.4) is 0 Å². The van der Waals surface area contributed by atoms with Gasteiger partial charge in [0.15, 0.2) is 11.6 Å². The summed E-state index contributed by atoms with van der Waals surface area (Å²) in [6.07, 6.45) is 1.33. The van der Waals surface area contributed by atoms with Crippen LogP contribution in [-0.4, -0.2) is 11.6 Å². The van der Waals surface area contributed by atoms with Crippen molar-refractivity contribution < 1.29 is 9.59 Å². The summed E-state index contributed by atoms with van der Waals surface area (Å²) in [5, 5.41) is 0. The van der Waals surface area contributed by atoms with Crippen LogP contribution >= 0.6 is 0 Å². The minimum absolute atomic E-state index is 0.0674. The van der Waals surface area contributed by atoms with Gasteiger partial charge in [0, 0.05) is 12.0 Å². The number of hydrogen-bond donors (Lipinski definition) is 0. The Bertz CT molecular complexity index is 668. The van der Waals surface area contributed by atoms with Gasteiger partial charge in [0.05, 0.1) is 0 Å². The molecule has 0 aliphatic rings. The van der Waals surface area contributed by atoms with Crippen molar-refractivity contribution in [2.24, 2.45) is 0 Å². The highest BCUT2D eigenvalue weighted by molar-refractivity contribution is 6.09. The predicted octanol–water partition coefficient (Wildman–Crippen LogP) is 4.22. The Kier molecular flexibility index (Phi) is 5.21. The largest absolute Gasteiger partial charge is 0.295 e. The van der Waals surface area contributed by atoms with Gasteiger partial charge in [-0.15, -0.1) is 0 Å². The zero-order valence-electron chi connectivity index (χ0n) is 12.6. The molecule has 2 aromatic rings. The van der Waals surface area contributed by atoms with Gasteiger partial charge in [-0.25, -0.2) is 0 Å². The van der Waals surface area contributed by atoms with E-state index in [0.29, 0.717) is 5.57 Å². The van der Waals surface area contributed by atoms with Crippen LogP contribution in [0.15, 0.2) is 78.9 Å². The van der Waals surface area contributed by atoms with Crippen molar-refractivity contribution in [2.75, 3.05) is 0 Å². The van der Waals surface area contributed by atoms with Gasteiger partial charge in [0.1, 0.15) is 0 Å². The molecule has 0 atom stereocenters. The van der Waals surface area contributed by atoms with Crippen LogP contribution in [0, 0.1) is 0 Å². The van der Waals surface area contributed by atoms with Crippen LogP contribution in [-0.2, 0) is 9.59 Å². The number of hydrogen-bond acceptors (Lipinski definition) is 2. The number of carbonyl (C=O) groups is 2. The van der Waals surface area contributed by atoms with Crippen LogP contribution in [0.2, 0.25) is 0 Å². The van der Waals surface area contributed by atoms with Gasteiger partial charge in [-0.3, -0.25) is 9.59 Å². The second-order valence-electron chi connectivity index (χ2n) is 4.99. The van der Waals surface area contributed by atoms with Crippen molar-refractivity contribution >= 4 is 17.1 Å². The summed E-state index contributed by atoms with van der Waals surface area (Å²) < 4.78 is 0. The second kappa shape index (κ2) is 7.32. The monoisotopic (exact) mass is 290 g/mol. The molecule has 0 amide bonds. The van der Waals surface area contributed by atoms with Crippen LogP contribution in [0.5, 0.6) is 0 Å². The molecule has 0 unspecified atom stereocenters. The maximum atomic E-state index is 12.1. The lowest BCUT2D eigenvalue weighted by molar-refractivity contribution is -0.117. The van der Waals surface area contributed by atoms with E-state index in [1.54, 1.807) is 0 Å². The van der Waals surface area contributed by atoms with E-state index >= 15 is 0 Å². The number of benzene rings is 2. The van der Waals surface area contributed by atoms with Crippen molar-refractivity contribution in [1.82, 2.24) is 0 Å². The van der Waals surface area contributed by atoms with Crippen molar-refractivity contribution in [3.8, 4) is 0 Å². The predicted molar refractivity (Wildman–Crippen MR) is 89.4 cm³/mol. The molecular formula is C20H18O2. The minimum atomic E-state index is -0.158. The molecule has 0 bridgehead atoms. The summed E-state index contributed by atoms with van der Waals surface area (Å²) in [6, 6.07) is 19.3. The number of carbonyl (C=O) groups excluding carboxylic acids is 2. The van der Waals surface area contributed by atoms with E-state index in [0.717, 1.165) is 16.7 Å². The van der Waals surface area contributed by atoms with Gasteiger partial charge >= 0.3 is 0 Å². The number of allylic oxidation sites excluding steroid dienone is 2. The number of Topliss-reactive ketones (excluding diaryl/α,β-unsaturated/α-hetero) is 1. The zero-order valence-corrected chi connectivity index (χ0v) is 12.6. The third-order valence-electron chi connectivity index (χ3n) is 3.43. The molecule has 0 spiro atoms. The van der Waals surface area contributed by atoms with Gasteiger partial charge in [-0.1, -0.05) is 67.2 Å². The molecule has 2 rings (SSSR count). The molecule has 0 saturated heterocycles. The SMILES string of the molecule is C=CC(=O)CC(C(C)=O)=C(c1ccccc1)c1ccccc1. The normalized spacial score (nSPS) is 9.86. The topological polar surface area (TPSA) is 34.1 Å². The van der Waals surface area contributed by atoms with Crippen LogP contribution in [0.4, 0.5) is 0 Å². The summed E-state index contributed by atoms with van der Waals surface area (Å²) in [4.78, 5) is 23.9. The van der Waals surface area contributed by atoms with Gasteiger partial charge in [0.25, 0.3) is 0 Å². The Morgan fingerprint density at radius 1 is 0.909 bits per heavy atom. The van der Waals surface area contributed by atoms with E-state index in [-0.39, 0.29) is 18.0 Å². The Morgan fingerprint density at radius 3 is 1.73 bits per heavy atom. The van der Waals surface area contributed by atoms with Crippen molar-refractivity contribution in [3.63, 3.8) is 0 Å². The first-order chi connectivity index (χ1) is 10.6. The quantitative estimate of drug-likeness (QED) is 0.746. The molecule has 22 heavy (non-hydrogen) atoms. The van der Waals surface area contributed by atoms with E-state index < -0.39 is 0 Å². The van der Waals surface area contributed by atoms with Gasteiger partial charge in [-0.05, 0) is 29.7 Å². The van der Waals surface area contributed by atoms with Crippen LogP contribution < -0.4 is 0 Å². The molecule has 2 heteroatoms. The maximum Gasteiger partial charge on any atom is 0.159 e. The van der Waals surface area contributed by atoms with E-state index in [4.69, 9.17) is 0 Å². The van der Waals surface area contributed by atoms with E-state index in [1.807, 2.05) is 60.7 Å². The Labute approximate surface area is 130 Å². The molecule has 0 N–H and O–H groups in total. The van der Waals surface area contributed by atoms with Crippen molar-refractivity contribution in [2.45, 2.75) is 13.3 Å². The molecule has 0 radical (unpaired) electrons. The zero-order chi connectivity index (χ0) is 15.9. The Hall–Kier alpha value is -2.74. The first kappa shape index (κ1) is 15.6. The molecule has 0 aliphatic carbocycles. The van der Waals surface area contributed by atoms with E-state index in [2.05, 4.69) is 6.58 Å². The lowest BCUT2D eigenvalue weighted by Crippen LogP contribution is -2.07. The standard InChI is InChI=1S/C20H18O2/c1-3-18(22)14-19(15(2)21)20(16-10-6-4-7-11-16)17-12-8-5-9-13-17/h3-13H,1,14H2,2H3. The summed E-state index contributed by atoms with van der Waals surface area (Å²) in [5.41, 5.74) is 3.18. The first-order valence-corrected chi connectivity index (χ1v) is 7.13. The van der Waals surface area contributed by atoms with Gasteiger partial charge in [0.2, 0.25) is 0 Å². The molecule has 0 fully saturated rings. The fourth-order valence-electron chi connectivity index (χ4n) is 2.36. The lowest BCUT2D eigenvalue weighted by Gasteiger charge is -2.14. The highest BCUT2D eigenvalue weighted by Gasteiger charge is 2.17. The molecule has 0 saturated carbocycles. The summed E-state index contributed by atoms with van der Waals surface area (Å²) in [6.45, 7) is 4.99. The summed E-state index contributed by atoms with van der Waals surface area (Å²) >= 11 is 0. The fraction of sp³-hybridized carbons (Fsp3) is 0.100. The average Bonchev–Trinajstić information content (AvgIpc) is 2.56. The number of ketones is 2. The van der Waals surface area contributed by atoms with E-state index in [9.17, 15) is 9.59 Å².